The van der Waals surface area contributed by atoms with E-state index in [2.05, 4.69) is 4.99 Å². The van der Waals surface area contributed by atoms with Gasteiger partial charge in [0.2, 0.25) is 5.90 Å². The summed E-state index contributed by atoms with van der Waals surface area (Å²) in [4.78, 5) is 16.0. The molecule has 0 unspecified atom stereocenters. The van der Waals surface area contributed by atoms with Crippen molar-refractivity contribution in [1.29, 1.82) is 0 Å². The van der Waals surface area contributed by atoms with E-state index in [-0.39, 0.29) is 12.1 Å². The molecular formula is C16H17NO3. The molecule has 1 fully saturated rings. The van der Waals surface area contributed by atoms with Crippen LogP contribution in [0.2, 0.25) is 0 Å². The fourth-order valence-corrected chi connectivity index (χ4v) is 2.00. The molecular weight excluding hydrogens is 254 g/mol. The molecule has 0 saturated heterocycles. The van der Waals surface area contributed by atoms with Crippen molar-refractivity contribution in [3.63, 3.8) is 0 Å². The number of ether oxygens (including phenoxy) is 2. The highest BCUT2D eigenvalue weighted by Crippen LogP contribution is 2.34. The molecule has 0 amide bonds. The van der Waals surface area contributed by atoms with Crippen LogP contribution < -0.4 is 4.74 Å². The molecule has 0 spiro atoms. The van der Waals surface area contributed by atoms with Crippen molar-refractivity contribution in [2.24, 2.45) is 10.9 Å². The van der Waals surface area contributed by atoms with E-state index in [4.69, 9.17) is 9.47 Å². The van der Waals surface area contributed by atoms with E-state index in [0.717, 1.165) is 24.2 Å². The SMILES string of the molecule is CC(C)Oc1ccc(/C=C2/N=C(C3CC3)OC2=O)cc1. The average Bonchev–Trinajstić information content (AvgIpc) is 3.18. The van der Waals surface area contributed by atoms with Gasteiger partial charge in [-0.2, -0.15) is 0 Å². The van der Waals surface area contributed by atoms with Crippen LogP contribution in [0.5, 0.6) is 5.75 Å². The maximum absolute atomic E-state index is 11.7. The number of carbonyl (C=O) groups excluding carboxylic acids is 1. The monoisotopic (exact) mass is 271 g/mol. The Bertz CT molecular complexity index is 580. The van der Waals surface area contributed by atoms with Gasteiger partial charge in [0.1, 0.15) is 5.75 Å². The molecule has 1 saturated carbocycles. The average molecular weight is 271 g/mol. The highest BCUT2D eigenvalue weighted by molar-refractivity contribution is 6.08. The highest BCUT2D eigenvalue weighted by atomic mass is 16.6. The summed E-state index contributed by atoms with van der Waals surface area (Å²) in [6.45, 7) is 3.97. The van der Waals surface area contributed by atoms with Gasteiger partial charge < -0.3 is 9.47 Å². The number of rotatable bonds is 4. The molecule has 2 aliphatic rings. The summed E-state index contributed by atoms with van der Waals surface area (Å²) in [7, 11) is 0. The minimum atomic E-state index is -0.352. The third-order valence-corrected chi connectivity index (χ3v) is 3.12. The first-order chi connectivity index (χ1) is 9.61. The Morgan fingerprint density at radius 1 is 1.30 bits per heavy atom. The van der Waals surface area contributed by atoms with Crippen LogP contribution in [-0.2, 0) is 9.53 Å². The summed E-state index contributed by atoms with van der Waals surface area (Å²) < 4.78 is 10.7. The maximum atomic E-state index is 11.7. The first kappa shape index (κ1) is 12.9. The second kappa shape index (κ2) is 5.12. The molecule has 1 heterocycles. The quantitative estimate of drug-likeness (QED) is 0.624. The van der Waals surface area contributed by atoms with Crippen molar-refractivity contribution in [3.8, 4) is 5.75 Å². The van der Waals surface area contributed by atoms with Crippen molar-refractivity contribution in [2.45, 2.75) is 32.8 Å². The largest absolute Gasteiger partial charge is 0.491 e. The minimum Gasteiger partial charge on any atom is -0.491 e. The van der Waals surface area contributed by atoms with Gasteiger partial charge in [-0.3, -0.25) is 0 Å². The number of aliphatic imine (C=N–C) groups is 1. The lowest BCUT2D eigenvalue weighted by molar-refractivity contribution is -0.130. The lowest BCUT2D eigenvalue weighted by Gasteiger charge is -2.09. The molecule has 0 atom stereocenters. The van der Waals surface area contributed by atoms with Gasteiger partial charge in [-0.15, -0.1) is 0 Å². The van der Waals surface area contributed by atoms with Crippen LogP contribution in [0, 0.1) is 5.92 Å². The second-order valence-electron chi connectivity index (χ2n) is 5.38. The molecule has 1 aliphatic heterocycles. The summed E-state index contributed by atoms with van der Waals surface area (Å²) in [6, 6.07) is 7.58. The molecule has 4 nitrogen and oxygen atoms in total. The predicted molar refractivity (Wildman–Crippen MR) is 76.4 cm³/mol. The molecule has 0 bridgehead atoms. The van der Waals surface area contributed by atoms with Gasteiger partial charge in [-0.25, -0.2) is 9.79 Å². The molecule has 20 heavy (non-hydrogen) atoms. The summed E-state index contributed by atoms with van der Waals surface area (Å²) in [5.41, 5.74) is 1.29. The van der Waals surface area contributed by atoms with E-state index < -0.39 is 0 Å². The number of esters is 1. The van der Waals surface area contributed by atoms with E-state index in [1.54, 1.807) is 6.08 Å². The van der Waals surface area contributed by atoms with E-state index in [1.807, 2.05) is 38.1 Å². The number of hydrogen-bond donors (Lipinski definition) is 0. The summed E-state index contributed by atoms with van der Waals surface area (Å²) >= 11 is 0. The molecule has 1 aliphatic carbocycles. The van der Waals surface area contributed by atoms with Crippen molar-refractivity contribution >= 4 is 17.9 Å². The first-order valence-corrected chi connectivity index (χ1v) is 6.91. The van der Waals surface area contributed by atoms with Gasteiger partial charge in [0, 0.05) is 5.92 Å². The van der Waals surface area contributed by atoms with Gasteiger partial charge in [-0.05, 0) is 50.5 Å². The summed E-state index contributed by atoms with van der Waals surface area (Å²) in [5, 5.41) is 0. The molecule has 1 aromatic rings. The van der Waals surface area contributed by atoms with Gasteiger partial charge in [0.25, 0.3) is 0 Å². The normalized spacial score (nSPS) is 20.2. The maximum Gasteiger partial charge on any atom is 0.363 e. The van der Waals surface area contributed by atoms with Crippen LogP contribution in [0.25, 0.3) is 6.08 Å². The van der Waals surface area contributed by atoms with Gasteiger partial charge in [0.15, 0.2) is 5.70 Å². The van der Waals surface area contributed by atoms with Crippen LogP contribution in [0.3, 0.4) is 0 Å². The standard InChI is InChI=1S/C16H17NO3/c1-10(2)19-13-7-3-11(4-8-13)9-14-16(18)20-15(17-14)12-5-6-12/h3-4,7-10,12H,5-6H2,1-2H3/b14-9+. The van der Waals surface area contributed by atoms with Crippen molar-refractivity contribution in [1.82, 2.24) is 0 Å². The molecule has 104 valence electrons. The molecule has 3 rings (SSSR count). The fraction of sp³-hybridized carbons (Fsp3) is 0.375. The van der Waals surface area contributed by atoms with Crippen molar-refractivity contribution in [2.75, 3.05) is 0 Å². The smallest absolute Gasteiger partial charge is 0.363 e. The first-order valence-electron chi connectivity index (χ1n) is 6.91. The number of hydrogen-bond acceptors (Lipinski definition) is 4. The van der Waals surface area contributed by atoms with Gasteiger partial charge in [0.05, 0.1) is 6.10 Å². The summed E-state index contributed by atoms with van der Waals surface area (Å²) in [5.74, 6) is 1.40. The molecule has 4 heteroatoms. The van der Waals surface area contributed by atoms with Gasteiger partial charge in [-0.1, -0.05) is 12.1 Å². The van der Waals surface area contributed by atoms with E-state index in [0.29, 0.717) is 17.5 Å². The van der Waals surface area contributed by atoms with E-state index in [9.17, 15) is 4.79 Å². The lowest BCUT2D eigenvalue weighted by atomic mass is 10.2. The van der Waals surface area contributed by atoms with Crippen LogP contribution in [0.1, 0.15) is 32.3 Å². The zero-order valence-corrected chi connectivity index (χ0v) is 11.6. The third-order valence-electron chi connectivity index (χ3n) is 3.12. The zero-order valence-electron chi connectivity index (χ0n) is 11.6. The van der Waals surface area contributed by atoms with Crippen LogP contribution in [-0.4, -0.2) is 18.0 Å². The molecule has 0 N–H and O–H groups in total. The molecule has 0 aromatic heterocycles. The molecule has 0 radical (unpaired) electrons. The lowest BCUT2D eigenvalue weighted by Crippen LogP contribution is -2.05. The Kier molecular flexibility index (Phi) is 3.30. The number of cyclic esters (lactones) is 1. The van der Waals surface area contributed by atoms with Gasteiger partial charge >= 0.3 is 5.97 Å². The van der Waals surface area contributed by atoms with Crippen molar-refractivity contribution < 1.29 is 14.3 Å². The predicted octanol–water partition coefficient (Wildman–Crippen LogP) is 3.18. The Morgan fingerprint density at radius 3 is 2.60 bits per heavy atom. The van der Waals surface area contributed by atoms with Crippen LogP contribution >= 0.6 is 0 Å². The minimum absolute atomic E-state index is 0.148. The third kappa shape index (κ3) is 2.90. The molecule has 1 aromatic carbocycles. The Labute approximate surface area is 118 Å². The zero-order chi connectivity index (χ0) is 14.1. The van der Waals surface area contributed by atoms with E-state index >= 15 is 0 Å². The topological polar surface area (TPSA) is 47.9 Å². The second-order valence-corrected chi connectivity index (χ2v) is 5.38. The highest BCUT2D eigenvalue weighted by Gasteiger charge is 2.35. The fourth-order valence-electron chi connectivity index (χ4n) is 2.00. The Morgan fingerprint density at radius 2 is 2.00 bits per heavy atom. The van der Waals surface area contributed by atoms with Crippen LogP contribution in [0.15, 0.2) is 35.0 Å². The Hall–Kier alpha value is -2.10. The number of nitrogens with zero attached hydrogens (tertiary/aromatic N) is 1. The summed E-state index contributed by atoms with van der Waals surface area (Å²) in [6.07, 6.45) is 4.03. The van der Waals surface area contributed by atoms with E-state index in [1.165, 1.54) is 0 Å². The van der Waals surface area contributed by atoms with Crippen LogP contribution in [0.4, 0.5) is 0 Å². The van der Waals surface area contributed by atoms with Crippen molar-refractivity contribution in [3.05, 3.63) is 35.5 Å². The Balaban J connectivity index is 1.76. The number of benzene rings is 1. The number of carbonyl (C=O) groups is 1.